The molecule has 0 spiro atoms. The van der Waals surface area contributed by atoms with E-state index in [-0.39, 0.29) is 11.3 Å². The largest absolute Gasteiger partial charge is 0.459 e. The Bertz CT molecular complexity index is 3340. The molecule has 2 aliphatic rings. The zero-order valence-corrected chi connectivity index (χ0v) is 33.1. The predicted molar refractivity (Wildman–Crippen MR) is 248 cm³/mol. The molecule has 2 heteroatoms. The Balaban J connectivity index is 1.04. The van der Waals surface area contributed by atoms with Crippen LogP contribution >= 0.6 is 0 Å². The van der Waals surface area contributed by atoms with Crippen LogP contribution in [0.1, 0.15) is 54.2 Å². The molecule has 0 fully saturated rings. The minimum atomic E-state index is -0.131. The third kappa shape index (κ3) is 5.12. The fourth-order valence-corrected chi connectivity index (χ4v) is 10.3. The van der Waals surface area contributed by atoms with Crippen LogP contribution in [0.4, 0.5) is 17.1 Å². The van der Waals surface area contributed by atoms with Crippen molar-refractivity contribution in [2.45, 2.75) is 31.6 Å². The van der Waals surface area contributed by atoms with Crippen LogP contribution in [-0.4, -0.2) is 0 Å². The topological polar surface area (TPSA) is 16.4 Å². The second kappa shape index (κ2) is 12.9. The maximum atomic E-state index is 7.00. The zero-order chi connectivity index (χ0) is 39.2. The SMILES string of the molecule is CC1(C)c2ccccc2-c2ccc(N(c3ccc(-c4cc5ccccc5c5ccccc45)cc3)c3ccccc3C3CC=Cc4c3oc3c4ccc4ccccc43)cc21. The summed E-state index contributed by atoms with van der Waals surface area (Å²) in [5, 5.41) is 8.60. The van der Waals surface area contributed by atoms with Gasteiger partial charge in [0, 0.05) is 39.0 Å². The van der Waals surface area contributed by atoms with Crippen LogP contribution in [-0.2, 0) is 5.41 Å². The highest BCUT2D eigenvalue weighted by Crippen LogP contribution is 2.52. The van der Waals surface area contributed by atoms with Crippen LogP contribution in [0.15, 0.2) is 192 Å². The van der Waals surface area contributed by atoms with Gasteiger partial charge in [0.05, 0.1) is 5.69 Å². The van der Waals surface area contributed by atoms with Crippen LogP contribution < -0.4 is 4.90 Å². The van der Waals surface area contributed by atoms with E-state index in [1.54, 1.807) is 0 Å². The van der Waals surface area contributed by atoms with E-state index in [9.17, 15) is 0 Å². The molecule has 12 rings (SSSR count). The number of para-hydroxylation sites is 1. The molecular formula is C57H41NO. The normalized spacial score (nSPS) is 15.1. The maximum absolute atomic E-state index is 7.00. The van der Waals surface area contributed by atoms with Crippen LogP contribution in [0.2, 0.25) is 0 Å². The molecule has 0 bridgehead atoms. The van der Waals surface area contributed by atoms with Gasteiger partial charge in [0.15, 0.2) is 0 Å². The number of nitrogens with zero attached hydrogens (tertiary/aromatic N) is 1. The molecule has 1 aromatic heterocycles. The van der Waals surface area contributed by atoms with Crippen molar-refractivity contribution in [3.05, 3.63) is 216 Å². The van der Waals surface area contributed by atoms with Gasteiger partial charge >= 0.3 is 0 Å². The van der Waals surface area contributed by atoms with Crippen LogP contribution in [0.3, 0.4) is 0 Å². The van der Waals surface area contributed by atoms with Gasteiger partial charge in [-0.3, -0.25) is 0 Å². The third-order valence-electron chi connectivity index (χ3n) is 13.2. The summed E-state index contributed by atoms with van der Waals surface area (Å²) in [4.78, 5) is 2.48. The van der Waals surface area contributed by atoms with E-state index in [2.05, 4.69) is 213 Å². The molecule has 1 atom stereocenters. The van der Waals surface area contributed by atoms with Crippen molar-refractivity contribution in [3.63, 3.8) is 0 Å². The molecule has 2 aliphatic carbocycles. The molecule has 9 aromatic carbocycles. The number of benzene rings is 9. The molecule has 1 unspecified atom stereocenters. The van der Waals surface area contributed by atoms with Crippen LogP contribution in [0.5, 0.6) is 0 Å². The molecule has 2 nitrogen and oxygen atoms in total. The molecule has 10 aromatic rings. The van der Waals surface area contributed by atoms with E-state index in [0.29, 0.717) is 0 Å². The first-order chi connectivity index (χ1) is 29.0. The van der Waals surface area contributed by atoms with E-state index in [1.165, 1.54) is 76.8 Å². The molecule has 0 amide bonds. The predicted octanol–water partition coefficient (Wildman–Crippen LogP) is 15.9. The molecule has 0 saturated carbocycles. The van der Waals surface area contributed by atoms with E-state index in [1.807, 2.05) is 0 Å². The van der Waals surface area contributed by atoms with Crippen molar-refractivity contribution < 1.29 is 4.42 Å². The number of rotatable bonds is 5. The average Bonchev–Trinajstić information content (AvgIpc) is 3.79. The van der Waals surface area contributed by atoms with E-state index >= 15 is 0 Å². The van der Waals surface area contributed by atoms with Gasteiger partial charge in [-0.2, -0.15) is 0 Å². The smallest absolute Gasteiger partial charge is 0.142 e. The van der Waals surface area contributed by atoms with Crippen molar-refractivity contribution in [3.8, 4) is 22.3 Å². The van der Waals surface area contributed by atoms with Crippen LogP contribution in [0, 0.1) is 0 Å². The molecule has 0 N–H and O–H groups in total. The van der Waals surface area contributed by atoms with Gasteiger partial charge in [0.1, 0.15) is 11.3 Å². The van der Waals surface area contributed by atoms with Crippen molar-refractivity contribution in [2.24, 2.45) is 0 Å². The first kappa shape index (κ1) is 33.9. The Labute approximate surface area is 344 Å². The highest BCUT2D eigenvalue weighted by molar-refractivity contribution is 6.14. The highest BCUT2D eigenvalue weighted by atomic mass is 16.3. The summed E-state index contributed by atoms with van der Waals surface area (Å²) >= 11 is 0. The minimum Gasteiger partial charge on any atom is -0.459 e. The van der Waals surface area contributed by atoms with Gasteiger partial charge in [-0.15, -0.1) is 0 Å². The number of hydrogen-bond donors (Lipinski definition) is 0. The lowest BCUT2D eigenvalue weighted by Crippen LogP contribution is -2.18. The minimum absolute atomic E-state index is 0.0400. The second-order valence-electron chi connectivity index (χ2n) is 16.8. The summed E-state index contributed by atoms with van der Waals surface area (Å²) in [6, 6.07) is 67.1. The summed E-state index contributed by atoms with van der Waals surface area (Å²) in [5.41, 5.74) is 14.5. The van der Waals surface area contributed by atoms with Crippen LogP contribution in [0.25, 0.3) is 71.6 Å². The van der Waals surface area contributed by atoms with E-state index in [0.717, 1.165) is 40.2 Å². The van der Waals surface area contributed by atoms with E-state index in [4.69, 9.17) is 4.42 Å². The molecule has 280 valence electrons. The van der Waals surface area contributed by atoms with Gasteiger partial charge in [-0.1, -0.05) is 166 Å². The number of fused-ring (bicyclic) bond motifs is 11. The summed E-state index contributed by atoms with van der Waals surface area (Å²) in [7, 11) is 0. The molecule has 0 saturated heterocycles. The highest BCUT2D eigenvalue weighted by Gasteiger charge is 2.36. The fourth-order valence-electron chi connectivity index (χ4n) is 10.3. The second-order valence-corrected chi connectivity index (χ2v) is 16.8. The molecule has 0 aliphatic heterocycles. The summed E-state index contributed by atoms with van der Waals surface area (Å²) in [6.45, 7) is 4.73. The first-order valence-electron chi connectivity index (χ1n) is 20.8. The van der Waals surface area contributed by atoms with Gasteiger partial charge in [0.25, 0.3) is 0 Å². The summed E-state index contributed by atoms with van der Waals surface area (Å²) in [5.74, 6) is 1.08. The standard InChI is InChI=1S/C57H41NO/c1-57(2)52-24-11-9-20-45(52)46-33-31-40(35-53(46)57)58(39-29-26-37(27-30-39)51-34-38-15-4-5-16-41(38)43-18-7-8-19-44(43)51)54-25-12-10-21-47(54)48-22-13-23-49-50-32-28-36-14-3-6-17-42(36)55(50)59-56(48)49/h3-21,23-35,48H,22H2,1-2H3. The van der Waals surface area contributed by atoms with Crippen molar-refractivity contribution in [1.29, 1.82) is 0 Å². The van der Waals surface area contributed by atoms with Gasteiger partial charge in [0.2, 0.25) is 0 Å². The number of allylic oxidation sites excluding steroid dienone is 1. The van der Waals surface area contributed by atoms with Gasteiger partial charge < -0.3 is 9.32 Å². The number of furan rings is 1. The average molecular weight is 756 g/mol. The van der Waals surface area contributed by atoms with Gasteiger partial charge in [-0.25, -0.2) is 0 Å². The quantitative estimate of drug-likeness (QED) is 0.163. The Morgan fingerprint density at radius 1 is 0.508 bits per heavy atom. The van der Waals surface area contributed by atoms with Crippen molar-refractivity contribution in [2.75, 3.05) is 4.90 Å². The molecule has 59 heavy (non-hydrogen) atoms. The first-order valence-corrected chi connectivity index (χ1v) is 20.8. The summed E-state index contributed by atoms with van der Waals surface area (Å²) in [6.07, 6.45) is 5.45. The van der Waals surface area contributed by atoms with E-state index < -0.39 is 0 Å². The Morgan fingerprint density at radius 2 is 1.19 bits per heavy atom. The third-order valence-corrected chi connectivity index (χ3v) is 13.2. The molecule has 1 heterocycles. The molecule has 0 radical (unpaired) electrons. The zero-order valence-electron chi connectivity index (χ0n) is 33.1. The van der Waals surface area contributed by atoms with Crippen molar-refractivity contribution >= 4 is 66.4 Å². The lowest BCUT2D eigenvalue weighted by molar-refractivity contribution is 0.519. The number of anilines is 3. The monoisotopic (exact) mass is 755 g/mol. The fraction of sp³-hybridized carbons (Fsp3) is 0.0877. The van der Waals surface area contributed by atoms with Crippen molar-refractivity contribution in [1.82, 2.24) is 0 Å². The summed E-state index contributed by atoms with van der Waals surface area (Å²) < 4.78 is 7.00. The lowest BCUT2D eigenvalue weighted by atomic mass is 9.82. The Kier molecular flexibility index (Phi) is 7.43. The Morgan fingerprint density at radius 3 is 2.05 bits per heavy atom. The lowest BCUT2D eigenvalue weighted by Gasteiger charge is -2.31. The van der Waals surface area contributed by atoms with Gasteiger partial charge in [-0.05, 0) is 115 Å². The Hall–Kier alpha value is -7.16. The molecular weight excluding hydrogens is 715 g/mol. The number of hydrogen-bond acceptors (Lipinski definition) is 2. The maximum Gasteiger partial charge on any atom is 0.142 e.